The summed E-state index contributed by atoms with van der Waals surface area (Å²) in [5, 5.41) is 6.39. The molecule has 0 saturated carbocycles. The monoisotopic (exact) mass is 342 g/mol. The second kappa shape index (κ2) is 6.33. The average molecular weight is 342 g/mol. The highest BCUT2D eigenvalue weighted by molar-refractivity contribution is 6.00. The zero-order valence-corrected chi connectivity index (χ0v) is 14.8. The molecule has 25 heavy (non-hydrogen) atoms. The van der Waals surface area contributed by atoms with Gasteiger partial charge in [-0.2, -0.15) is 0 Å². The van der Waals surface area contributed by atoms with Crippen molar-refractivity contribution in [2.75, 3.05) is 50.0 Å². The Kier molecular flexibility index (Phi) is 4.15. The highest BCUT2D eigenvalue weighted by Gasteiger charge is 2.38. The number of anilines is 2. The van der Waals surface area contributed by atoms with E-state index in [-0.39, 0.29) is 11.8 Å². The van der Waals surface area contributed by atoms with E-state index in [4.69, 9.17) is 0 Å². The van der Waals surface area contributed by atoms with Crippen LogP contribution in [0.4, 0.5) is 11.4 Å². The summed E-state index contributed by atoms with van der Waals surface area (Å²) in [7, 11) is 1.97. The number of nitrogens with zero attached hydrogens (tertiary/aromatic N) is 2. The van der Waals surface area contributed by atoms with E-state index >= 15 is 0 Å². The zero-order chi connectivity index (χ0) is 17.4. The van der Waals surface area contributed by atoms with Gasteiger partial charge in [-0.1, -0.05) is 0 Å². The van der Waals surface area contributed by atoms with Crippen LogP contribution in [0, 0.1) is 5.41 Å². The fourth-order valence-electron chi connectivity index (χ4n) is 4.29. The second-order valence-electron chi connectivity index (χ2n) is 7.67. The van der Waals surface area contributed by atoms with Crippen molar-refractivity contribution in [3.8, 4) is 0 Å². The SMILES string of the molecule is CN1CCC(=O)Nc2cc(C(=O)N3CCC4(CCNC4)CC3)ccc21. The molecule has 0 radical (unpaired) electrons. The molecule has 4 rings (SSSR count). The number of fused-ring (bicyclic) bond motifs is 1. The van der Waals surface area contributed by atoms with Crippen LogP contribution < -0.4 is 15.5 Å². The summed E-state index contributed by atoms with van der Waals surface area (Å²) < 4.78 is 0. The minimum absolute atomic E-state index is 0.00356. The van der Waals surface area contributed by atoms with Gasteiger partial charge in [0.25, 0.3) is 5.91 Å². The Balaban J connectivity index is 1.50. The number of likely N-dealkylation sites (tertiary alicyclic amines) is 1. The average Bonchev–Trinajstić information content (AvgIpc) is 3.02. The summed E-state index contributed by atoms with van der Waals surface area (Å²) >= 11 is 0. The largest absolute Gasteiger partial charge is 0.372 e. The lowest BCUT2D eigenvalue weighted by molar-refractivity contribution is -0.115. The summed E-state index contributed by atoms with van der Waals surface area (Å²) in [5.41, 5.74) is 2.78. The van der Waals surface area contributed by atoms with Gasteiger partial charge in [-0.05, 0) is 49.4 Å². The van der Waals surface area contributed by atoms with Gasteiger partial charge < -0.3 is 20.4 Å². The number of benzene rings is 1. The topological polar surface area (TPSA) is 64.7 Å². The van der Waals surface area contributed by atoms with Crippen LogP contribution in [-0.2, 0) is 4.79 Å². The Labute approximate surface area is 148 Å². The molecule has 0 atom stereocenters. The molecular weight excluding hydrogens is 316 g/mol. The Bertz CT molecular complexity index is 687. The van der Waals surface area contributed by atoms with Crippen molar-refractivity contribution < 1.29 is 9.59 Å². The van der Waals surface area contributed by atoms with Crippen molar-refractivity contribution in [3.63, 3.8) is 0 Å². The van der Waals surface area contributed by atoms with Crippen molar-refractivity contribution in [2.24, 2.45) is 5.41 Å². The fourth-order valence-corrected chi connectivity index (χ4v) is 4.29. The minimum atomic E-state index is 0.00356. The maximum Gasteiger partial charge on any atom is 0.253 e. The summed E-state index contributed by atoms with van der Waals surface area (Å²) in [6, 6.07) is 5.66. The Morgan fingerprint density at radius 1 is 1.16 bits per heavy atom. The van der Waals surface area contributed by atoms with Crippen molar-refractivity contribution in [3.05, 3.63) is 23.8 Å². The lowest BCUT2D eigenvalue weighted by Crippen LogP contribution is -2.44. The molecule has 0 unspecified atom stereocenters. The zero-order valence-electron chi connectivity index (χ0n) is 14.8. The lowest BCUT2D eigenvalue weighted by atomic mass is 9.78. The molecule has 3 aliphatic rings. The van der Waals surface area contributed by atoms with Gasteiger partial charge >= 0.3 is 0 Å². The first-order valence-corrected chi connectivity index (χ1v) is 9.21. The van der Waals surface area contributed by atoms with E-state index in [2.05, 4.69) is 15.5 Å². The van der Waals surface area contributed by atoms with Gasteiger partial charge in [0.05, 0.1) is 11.4 Å². The van der Waals surface area contributed by atoms with E-state index in [1.165, 1.54) is 6.42 Å². The van der Waals surface area contributed by atoms with E-state index in [1.54, 1.807) is 0 Å². The smallest absolute Gasteiger partial charge is 0.253 e. The summed E-state index contributed by atoms with van der Waals surface area (Å²) in [5.74, 6) is 0.0774. The second-order valence-corrected chi connectivity index (χ2v) is 7.67. The molecule has 3 heterocycles. The van der Waals surface area contributed by atoms with Crippen LogP contribution >= 0.6 is 0 Å². The minimum Gasteiger partial charge on any atom is -0.372 e. The molecule has 6 nitrogen and oxygen atoms in total. The van der Waals surface area contributed by atoms with Crippen LogP contribution in [0.25, 0.3) is 0 Å². The van der Waals surface area contributed by atoms with Crippen molar-refractivity contribution in [2.45, 2.75) is 25.7 Å². The van der Waals surface area contributed by atoms with E-state index in [0.29, 0.717) is 23.9 Å². The van der Waals surface area contributed by atoms with Crippen LogP contribution in [0.5, 0.6) is 0 Å². The Morgan fingerprint density at radius 2 is 1.96 bits per heavy atom. The lowest BCUT2D eigenvalue weighted by Gasteiger charge is -2.39. The third-order valence-corrected chi connectivity index (χ3v) is 6.05. The van der Waals surface area contributed by atoms with E-state index in [1.807, 2.05) is 30.1 Å². The molecule has 0 aromatic heterocycles. The molecule has 0 bridgehead atoms. The van der Waals surface area contributed by atoms with Crippen LogP contribution in [0.1, 0.15) is 36.0 Å². The highest BCUT2D eigenvalue weighted by atomic mass is 16.2. The quantitative estimate of drug-likeness (QED) is 0.815. The molecule has 2 saturated heterocycles. The summed E-state index contributed by atoms with van der Waals surface area (Å²) in [4.78, 5) is 28.8. The van der Waals surface area contributed by atoms with E-state index < -0.39 is 0 Å². The third-order valence-electron chi connectivity index (χ3n) is 6.05. The van der Waals surface area contributed by atoms with Crippen LogP contribution in [-0.4, -0.2) is 56.5 Å². The number of piperidine rings is 1. The highest BCUT2D eigenvalue weighted by Crippen LogP contribution is 2.37. The van der Waals surface area contributed by atoms with Gasteiger partial charge in [0, 0.05) is 45.2 Å². The molecule has 1 spiro atoms. The molecule has 2 fully saturated rings. The fraction of sp³-hybridized carbons (Fsp3) is 0.579. The van der Waals surface area contributed by atoms with E-state index in [9.17, 15) is 9.59 Å². The van der Waals surface area contributed by atoms with Crippen molar-refractivity contribution >= 4 is 23.2 Å². The van der Waals surface area contributed by atoms with Crippen molar-refractivity contribution in [1.29, 1.82) is 0 Å². The normalized spacial score (nSPS) is 22.5. The molecule has 2 amide bonds. The third kappa shape index (κ3) is 3.11. The first kappa shape index (κ1) is 16.4. The van der Waals surface area contributed by atoms with Gasteiger partial charge in [-0.25, -0.2) is 0 Å². The molecule has 134 valence electrons. The number of rotatable bonds is 1. The first-order chi connectivity index (χ1) is 12.1. The van der Waals surface area contributed by atoms with Crippen LogP contribution in [0.3, 0.4) is 0 Å². The van der Waals surface area contributed by atoms with Gasteiger partial charge in [-0.3, -0.25) is 9.59 Å². The van der Waals surface area contributed by atoms with Crippen LogP contribution in [0.2, 0.25) is 0 Å². The number of hydrogen-bond acceptors (Lipinski definition) is 4. The molecular formula is C19H26N4O2. The molecule has 2 N–H and O–H groups in total. The molecule has 1 aromatic rings. The number of hydrogen-bond donors (Lipinski definition) is 2. The Morgan fingerprint density at radius 3 is 2.68 bits per heavy atom. The molecule has 0 aliphatic carbocycles. The van der Waals surface area contributed by atoms with E-state index in [0.717, 1.165) is 50.4 Å². The maximum absolute atomic E-state index is 12.9. The first-order valence-electron chi connectivity index (χ1n) is 9.21. The Hall–Kier alpha value is -2.08. The number of amides is 2. The number of nitrogens with one attached hydrogen (secondary N) is 2. The predicted octanol–water partition coefficient (Wildman–Crippen LogP) is 1.68. The molecule has 3 aliphatic heterocycles. The number of carbonyl (C=O) groups is 2. The summed E-state index contributed by atoms with van der Waals surface area (Å²) in [6.07, 6.45) is 3.86. The summed E-state index contributed by atoms with van der Waals surface area (Å²) in [6.45, 7) is 4.53. The predicted molar refractivity (Wildman–Crippen MR) is 98.0 cm³/mol. The van der Waals surface area contributed by atoms with Gasteiger partial charge in [0.2, 0.25) is 5.91 Å². The molecule has 1 aromatic carbocycles. The van der Waals surface area contributed by atoms with Crippen molar-refractivity contribution in [1.82, 2.24) is 10.2 Å². The van der Waals surface area contributed by atoms with Gasteiger partial charge in [0.15, 0.2) is 0 Å². The maximum atomic E-state index is 12.9. The standard InChI is InChI=1S/C19H26N4O2/c1-22-9-4-17(24)21-15-12-14(2-3-16(15)22)18(25)23-10-6-19(7-11-23)5-8-20-13-19/h2-3,12,20H,4-11,13H2,1H3,(H,21,24). The van der Waals surface area contributed by atoms with Gasteiger partial charge in [0.1, 0.15) is 0 Å². The van der Waals surface area contributed by atoms with Crippen LogP contribution in [0.15, 0.2) is 18.2 Å². The number of carbonyl (C=O) groups excluding carboxylic acids is 2. The molecule has 6 heteroatoms. The van der Waals surface area contributed by atoms with Gasteiger partial charge in [-0.15, -0.1) is 0 Å².